The molecular weight excluding hydrogens is 226 g/mol. The first-order chi connectivity index (χ1) is 8.74. The number of nitrogens with one attached hydrogen (secondary N) is 1. The highest BCUT2D eigenvalue weighted by Gasteiger charge is 2.22. The first-order valence-electron chi connectivity index (χ1n) is 7.71. The Bertz CT molecular complexity index is 231. The van der Waals surface area contributed by atoms with Gasteiger partial charge in [-0.25, -0.2) is 0 Å². The number of hydrogen-bond donors (Lipinski definition) is 2. The summed E-state index contributed by atoms with van der Waals surface area (Å²) < 4.78 is 0. The first-order valence-corrected chi connectivity index (χ1v) is 7.71. The van der Waals surface area contributed by atoms with Crippen LogP contribution in [0.1, 0.15) is 77.6 Å². The van der Waals surface area contributed by atoms with Crippen molar-refractivity contribution in [3.8, 4) is 0 Å². The Hall–Kier alpha value is -0.570. The fourth-order valence-electron chi connectivity index (χ4n) is 2.62. The predicted molar refractivity (Wildman–Crippen MR) is 74.4 cm³/mol. The van der Waals surface area contributed by atoms with Crippen molar-refractivity contribution < 1.29 is 9.90 Å². The van der Waals surface area contributed by atoms with Crippen LogP contribution in [-0.2, 0) is 4.79 Å². The maximum Gasteiger partial charge on any atom is 0.220 e. The van der Waals surface area contributed by atoms with Gasteiger partial charge in [0.2, 0.25) is 5.91 Å². The van der Waals surface area contributed by atoms with Crippen LogP contribution in [0.4, 0.5) is 0 Å². The number of aliphatic hydroxyl groups excluding tert-OH is 1. The molecule has 0 radical (unpaired) electrons. The second kappa shape index (κ2) is 9.37. The Labute approximate surface area is 111 Å². The molecule has 0 aromatic rings. The van der Waals surface area contributed by atoms with Gasteiger partial charge in [0.25, 0.3) is 0 Å². The zero-order chi connectivity index (χ0) is 13.2. The lowest BCUT2D eigenvalue weighted by molar-refractivity contribution is -0.122. The van der Waals surface area contributed by atoms with E-state index in [0.717, 1.165) is 38.5 Å². The number of unbranched alkanes of at least 4 members (excludes halogenated alkanes) is 4. The molecule has 0 heterocycles. The minimum Gasteiger partial charge on any atom is -0.391 e. The van der Waals surface area contributed by atoms with Crippen LogP contribution in [0.3, 0.4) is 0 Å². The maximum atomic E-state index is 11.8. The summed E-state index contributed by atoms with van der Waals surface area (Å²) >= 11 is 0. The molecule has 1 fully saturated rings. The van der Waals surface area contributed by atoms with Crippen LogP contribution in [0.25, 0.3) is 0 Å². The summed E-state index contributed by atoms with van der Waals surface area (Å²) in [6.07, 6.45) is 11.3. The minimum absolute atomic E-state index is 0.00404. The van der Waals surface area contributed by atoms with E-state index in [1.807, 2.05) is 0 Å². The fourth-order valence-corrected chi connectivity index (χ4v) is 2.62. The molecule has 2 unspecified atom stereocenters. The molecule has 3 nitrogen and oxygen atoms in total. The molecule has 106 valence electrons. The number of carbonyl (C=O) groups is 1. The van der Waals surface area contributed by atoms with Crippen molar-refractivity contribution in [3.05, 3.63) is 0 Å². The Balaban J connectivity index is 2.13. The molecule has 1 saturated carbocycles. The summed E-state index contributed by atoms with van der Waals surface area (Å²) in [5.41, 5.74) is 0. The lowest BCUT2D eigenvalue weighted by Crippen LogP contribution is -2.42. The van der Waals surface area contributed by atoms with Gasteiger partial charge in [-0.1, -0.05) is 51.9 Å². The van der Waals surface area contributed by atoms with Gasteiger partial charge >= 0.3 is 0 Å². The van der Waals surface area contributed by atoms with Crippen LogP contribution < -0.4 is 5.32 Å². The van der Waals surface area contributed by atoms with E-state index < -0.39 is 0 Å². The SMILES string of the molecule is CCCCCCCC(=O)NC1CCCCCC1O. The molecule has 0 aromatic heterocycles. The molecule has 1 aliphatic rings. The van der Waals surface area contributed by atoms with Crippen LogP contribution in [0.2, 0.25) is 0 Å². The van der Waals surface area contributed by atoms with Gasteiger partial charge in [0, 0.05) is 6.42 Å². The standard InChI is InChI=1S/C15H29NO2/c1-2-3-4-5-9-12-15(18)16-13-10-7-6-8-11-14(13)17/h13-14,17H,2-12H2,1H3,(H,16,18). The van der Waals surface area contributed by atoms with Gasteiger partial charge in [0.05, 0.1) is 12.1 Å². The highest BCUT2D eigenvalue weighted by Crippen LogP contribution is 2.18. The van der Waals surface area contributed by atoms with Gasteiger partial charge in [-0.15, -0.1) is 0 Å². The minimum atomic E-state index is -0.337. The molecule has 1 amide bonds. The van der Waals surface area contributed by atoms with Gasteiger partial charge in [-0.3, -0.25) is 4.79 Å². The summed E-state index contributed by atoms with van der Waals surface area (Å²) in [6.45, 7) is 2.19. The molecule has 2 N–H and O–H groups in total. The van der Waals surface area contributed by atoms with Crippen LogP contribution >= 0.6 is 0 Å². The Morgan fingerprint density at radius 3 is 2.61 bits per heavy atom. The quantitative estimate of drug-likeness (QED) is 0.542. The van der Waals surface area contributed by atoms with Crippen LogP contribution in [0.15, 0.2) is 0 Å². The average molecular weight is 255 g/mol. The van der Waals surface area contributed by atoms with Crippen LogP contribution in [0.5, 0.6) is 0 Å². The van der Waals surface area contributed by atoms with Crippen molar-refractivity contribution in [3.63, 3.8) is 0 Å². The van der Waals surface area contributed by atoms with E-state index in [1.165, 1.54) is 25.7 Å². The highest BCUT2D eigenvalue weighted by molar-refractivity contribution is 5.76. The van der Waals surface area contributed by atoms with Gasteiger partial charge in [0.1, 0.15) is 0 Å². The molecule has 0 aromatic carbocycles. The Morgan fingerprint density at radius 1 is 1.11 bits per heavy atom. The van der Waals surface area contributed by atoms with E-state index in [9.17, 15) is 9.90 Å². The van der Waals surface area contributed by atoms with Crippen LogP contribution in [0, 0.1) is 0 Å². The van der Waals surface area contributed by atoms with Crippen molar-refractivity contribution in [2.45, 2.75) is 89.7 Å². The maximum absolute atomic E-state index is 11.8. The van der Waals surface area contributed by atoms with Gasteiger partial charge in [-0.2, -0.15) is 0 Å². The molecule has 2 atom stereocenters. The van der Waals surface area contributed by atoms with Crippen molar-refractivity contribution >= 4 is 5.91 Å². The highest BCUT2D eigenvalue weighted by atomic mass is 16.3. The lowest BCUT2D eigenvalue weighted by Gasteiger charge is -2.21. The second-order valence-corrected chi connectivity index (χ2v) is 5.54. The third-order valence-corrected chi connectivity index (χ3v) is 3.83. The molecule has 0 spiro atoms. The Morgan fingerprint density at radius 2 is 1.83 bits per heavy atom. The predicted octanol–water partition coefficient (Wildman–Crippen LogP) is 3.16. The zero-order valence-electron chi connectivity index (χ0n) is 11.8. The van der Waals surface area contributed by atoms with Crippen molar-refractivity contribution in [2.75, 3.05) is 0 Å². The second-order valence-electron chi connectivity index (χ2n) is 5.54. The molecule has 0 aliphatic heterocycles. The lowest BCUT2D eigenvalue weighted by atomic mass is 10.1. The summed E-state index contributed by atoms with van der Waals surface area (Å²) in [5.74, 6) is 0.123. The van der Waals surface area contributed by atoms with E-state index in [0.29, 0.717) is 6.42 Å². The number of hydrogen-bond acceptors (Lipinski definition) is 2. The van der Waals surface area contributed by atoms with E-state index >= 15 is 0 Å². The molecule has 1 aliphatic carbocycles. The molecule has 3 heteroatoms. The monoisotopic (exact) mass is 255 g/mol. The summed E-state index contributed by atoms with van der Waals surface area (Å²) in [7, 11) is 0. The van der Waals surface area contributed by atoms with Gasteiger partial charge in [-0.05, 0) is 19.3 Å². The molecule has 0 bridgehead atoms. The number of amides is 1. The molecule has 1 rings (SSSR count). The fraction of sp³-hybridized carbons (Fsp3) is 0.933. The normalized spacial score (nSPS) is 24.6. The van der Waals surface area contributed by atoms with Crippen LogP contribution in [-0.4, -0.2) is 23.2 Å². The number of carbonyl (C=O) groups excluding carboxylic acids is 1. The van der Waals surface area contributed by atoms with Crippen molar-refractivity contribution in [1.29, 1.82) is 0 Å². The number of aliphatic hydroxyl groups is 1. The first kappa shape index (κ1) is 15.5. The molecule has 0 saturated heterocycles. The van der Waals surface area contributed by atoms with E-state index in [2.05, 4.69) is 12.2 Å². The smallest absolute Gasteiger partial charge is 0.220 e. The van der Waals surface area contributed by atoms with E-state index in [-0.39, 0.29) is 18.1 Å². The summed E-state index contributed by atoms with van der Waals surface area (Å²) in [5, 5.41) is 12.9. The average Bonchev–Trinajstić information content (AvgIpc) is 2.55. The van der Waals surface area contributed by atoms with E-state index in [4.69, 9.17) is 0 Å². The third kappa shape index (κ3) is 6.39. The summed E-state index contributed by atoms with van der Waals surface area (Å²) in [4.78, 5) is 11.8. The number of rotatable bonds is 7. The van der Waals surface area contributed by atoms with Gasteiger partial charge in [0.15, 0.2) is 0 Å². The van der Waals surface area contributed by atoms with E-state index in [1.54, 1.807) is 0 Å². The zero-order valence-corrected chi connectivity index (χ0v) is 11.8. The third-order valence-electron chi connectivity index (χ3n) is 3.83. The molecular formula is C15H29NO2. The summed E-state index contributed by atoms with van der Waals surface area (Å²) in [6, 6.07) is -0.00404. The molecule has 18 heavy (non-hydrogen) atoms. The topological polar surface area (TPSA) is 49.3 Å². The Kier molecular flexibility index (Phi) is 8.06. The van der Waals surface area contributed by atoms with Crippen molar-refractivity contribution in [1.82, 2.24) is 5.32 Å². The van der Waals surface area contributed by atoms with Gasteiger partial charge < -0.3 is 10.4 Å². The van der Waals surface area contributed by atoms with Crippen molar-refractivity contribution in [2.24, 2.45) is 0 Å². The largest absolute Gasteiger partial charge is 0.391 e.